The lowest BCUT2D eigenvalue weighted by Gasteiger charge is -2.25. The van der Waals surface area contributed by atoms with E-state index in [1.54, 1.807) is 0 Å². The molecule has 1 aromatic rings. The molecule has 1 heterocycles. The predicted molar refractivity (Wildman–Crippen MR) is 78.5 cm³/mol. The molecule has 1 N–H and O–H groups in total. The monoisotopic (exact) mass is 266 g/mol. The summed E-state index contributed by atoms with van der Waals surface area (Å²) in [4.78, 5) is 2.48. The van der Waals surface area contributed by atoms with Crippen LogP contribution < -0.4 is 10.1 Å². The van der Waals surface area contributed by atoms with Crippen molar-refractivity contribution in [3.8, 4) is 5.75 Å². The van der Waals surface area contributed by atoms with Crippen LogP contribution in [0.15, 0.2) is 24.3 Å². The van der Waals surface area contributed by atoms with Gasteiger partial charge in [-0.2, -0.15) is 11.8 Å². The van der Waals surface area contributed by atoms with E-state index in [4.69, 9.17) is 4.74 Å². The highest BCUT2D eigenvalue weighted by atomic mass is 32.2. The maximum atomic E-state index is 5.77. The van der Waals surface area contributed by atoms with Crippen molar-refractivity contribution in [2.24, 2.45) is 0 Å². The molecule has 0 amide bonds. The summed E-state index contributed by atoms with van der Waals surface area (Å²) in [6, 6.07) is 8.34. The number of nitrogens with one attached hydrogen (secondary N) is 1. The van der Waals surface area contributed by atoms with Gasteiger partial charge in [-0.3, -0.25) is 4.90 Å². The molecule has 1 aromatic carbocycles. The van der Waals surface area contributed by atoms with Crippen molar-refractivity contribution >= 4 is 11.8 Å². The van der Waals surface area contributed by atoms with E-state index in [0.717, 1.165) is 25.4 Å². The Morgan fingerprint density at radius 2 is 1.94 bits per heavy atom. The van der Waals surface area contributed by atoms with Crippen molar-refractivity contribution in [3.63, 3.8) is 0 Å². The molecule has 0 aromatic heterocycles. The Labute approximate surface area is 114 Å². The highest BCUT2D eigenvalue weighted by Crippen LogP contribution is 2.13. The van der Waals surface area contributed by atoms with E-state index in [-0.39, 0.29) is 0 Å². The van der Waals surface area contributed by atoms with Crippen molar-refractivity contribution in [3.05, 3.63) is 29.8 Å². The lowest BCUT2D eigenvalue weighted by Crippen LogP contribution is -2.35. The first-order valence-corrected chi connectivity index (χ1v) is 7.70. The van der Waals surface area contributed by atoms with E-state index in [1.807, 2.05) is 18.8 Å². The molecule has 0 spiro atoms. The van der Waals surface area contributed by atoms with Crippen LogP contribution in [0, 0.1) is 0 Å². The van der Waals surface area contributed by atoms with Gasteiger partial charge in [0.05, 0.1) is 0 Å². The molecule has 0 radical (unpaired) electrons. The van der Waals surface area contributed by atoms with Crippen molar-refractivity contribution in [1.82, 2.24) is 10.2 Å². The molecular formula is C14H22N2OS. The van der Waals surface area contributed by atoms with Gasteiger partial charge in [0.25, 0.3) is 0 Å². The van der Waals surface area contributed by atoms with Crippen LogP contribution in [0.3, 0.4) is 0 Å². The molecule has 3 nitrogen and oxygen atoms in total. The predicted octanol–water partition coefficient (Wildman–Crippen LogP) is 1.83. The van der Waals surface area contributed by atoms with Gasteiger partial charge in [0, 0.05) is 37.7 Å². The van der Waals surface area contributed by atoms with Crippen molar-refractivity contribution in [1.29, 1.82) is 0 Å². The second-order valence-corrected chi connectivity index (χ2v) is 5.70. The fourth-order valence-corrected chi connectivity index (χ4v) is 3.00. The van der Waals surface area contributed by atoms with E-state index < -0.39 is 0 Å². The van der Waals surface area contributed by atoms with Gasteiger partial charge in [0.1, 0.15) is 12.4 Å². The summed E-state index contributed by atoms with van der Waals surface area (Å²) < 4.78 is 5.77. The summed E-state index contributed by atoms with van der Waals surface area (Å²) in [7, 11) is 1.96. The fourth-order valence-electron chi connectivity index (χ4n) is 2.03. The topological polar surface area (TPSA) is 24.5 Å². The van der Waals surface area contributed by atoms with Gasteiger partial charge in [-0.05, 0) is 24.7 Å². The summed E-state index contributed by atoms with van der Waals surface area (Å²) in [5, 5.41) is 3.14. The van der Waals surface area contributed by atoms with Crippen molar-refractivity contribution in [2.75, 3.05) is 44.8 Å². The maximum absolute atomic E-state index is 5.77. The number of benzene rings is 1. The third kappa shape index (κ3) is 4.52. The average molecular weight is 266 g/mol. The van der Waals surface area contributed by atoms with Crippen molar-refractivity contribution in [2.45, 2.75) is 6.54 Å². The molecule has 4 heteroatoms. The summed E-state index contributed by atoms with van der Waals surface area (Å²) in [5.41, 5.74) is 1.29. The number of ether oxygens (including phenoxy) is 1. The molecular weight excluding hydrogens is 244 g/mol. The number of hydrogen-bond acceptors (Lipinski definition) is 4. The number of hydrogen-bond donors (Lipinski definition) is 1. The third-order valence-electron chi connectivity index (χ3n) is 3.08. The number of nitrogens with zero attached hydrogens (tertiary/aromatic N) is 1. The molecule has 0 unspecified atom stereocenters. The third-order valence-corrected chi connectivity index (χ3v) is 4.03. The first-order chi connectivity index (χ1) is 8.88. The molecule has 0 bridgehead atoms. The van der Waals surface area contributed by atoms with Crippen molar-refractivity contribution < 1.29 is 4.74 Å². The zero-order valence-corrected chi connectivity index (χ0v) is 11.8. The summed E-state index contributed by atoms with van der Waals surface area (Å²) in [5.74, 6) is 3.50. The van der Waals surface area contributed by atoms with Gasteiger partial charge in [-0.1, -0.05) is 12.1 Å². The van der Waals surface area contributed by atoms with Crippen LogP contribution in [0.4, 0.5) is 0 Å². The molecule has 0 aliphatic carbocycles. The quantitative estimate of drug-likeness (QED) is 0.849. The Kier molecular flexibility index (Phi) is 5.84. The Morgan fingerprint density at radius 3 is 2.61 bits per heavy atom. The normalized spacial score (nSPS) is 16.7. The molecule has 1 aliphatic heterocycles. The molecule has 2 rings (SSSR count). The highest BCUT2D eigenvalue weighted by molar-refractivity contribution is 7.99. The smallest absolute Gasteiger partial charge is 0.119 e. The van der Waals surface area contributed by atoms with Crippen LogP contribution >= 0.6 is 11.8 Å². The van der Waals surface area contributed by atoms with Gasteiger partial charge in [0.2, 0.25) is 0 Å². The fraction of sp³-hybridized carbons (Fsp3) is 0.571. The minimum Gasteiger partial charge on any atom is -0.492 e. The first-order valence-electron chi connectivity index (χ1n) is 6.55. The van der Waals surface area contributed by atoms with Gasteiger partial charge < -0.3 is 10.1 Å². The maximum Gasteiger partial charge on any atom is 0.119 e. The largest absolute Gasteiger partial charge is 0.492 e. The summed E-state index contributed by atoms with van der Waals surface area (Å²) in [6.45, 7) is 5.14. The van der Waals surface area contributed by atoms with Crippen LogP contribution in [-0.4, -0.2) is 49.7 Å². The number of thioether (sulfide) groups is 1. The Bertz CT molecular complexity index is 336. The zero-order chi connectivity index (χ0) is 12.6. The Hall–Kier alpha value is -0.710. The van der Waals surface area contributed by atoms with Crippen LogP contribution in [0.2, 0.25) is 0 Å². The van der Waals surface area contributed by atoms with Crippen LogP contribution in [-0.2, 0) is 6.54 Å². The number of rotatable bonds is 6. The van der Waals surface area contributed by atoms with E-state index in [2.05, 4.69) is 34.5 Å². The second kappa shape index (κ2) is 7.67. The molecule has 0 atom stereocenters. The molecule has 100 valence electrons. The van der Waals surface area contributed by atoms with Gasteiger partial charge in [-0.25, -0.2) is 0 Å². The van der Waals surface area contributed by atoms with E-state index in [0.29, 0.717) is 0 Å². The van der Waals surface area contributed by atoms with Crippen LogP contribution in [0.1, 0.15) is 5.56 Å². The Balaban J connectivity index is 1.69. The second-order valence-electron chi connectivity index (χ2n) is 4.48. The molecule has 1 fully saturated rings. The molecule has 18 heavy (non-hydrogen) atoms. The minimum atomic E-state index is 0.788. The highest BCUT2D eigenvalue weighted by Gasteiger charge is 2.09. The van der Waals surface area contributed by atoms with E-state index in [1.165, 1.54) is 30.2 Å². The van der Waals surface area contributed by atoms with E-state index >= 15 is 0 Å². The van der Waals surface area contributed by atoms with Gasteiger partial charge in [-0.15, -0.1) is 0 Å². The average Bonchev–Trinajstić information content (AvgIpc) is 2.42. The Morgan fingerprint density at radius 1 is 1.22 bits per heavy atom. The van der Waals surface area contributed by atoms with Gasteiger partial charge >= 0.3 is 0 Å². The van der Waals surface area contributed by atoms with Crippen LogP contribution in [0.25, 0.3) is 0 Å². The summed E-state index contributed by atoms with van der Waals surface area (Å²) in [6.07, 6.45) is 0. The molecule has 1 saturated heterocycles. The zero-order valence-electron chi connectivity index (χ0n) is 11.0. The lowest BCUT2D eigenvalue weighted by molar-refractivity contribution is 0.222. The first kappa shape index (κ1) is 13.7. The standard InChI is InChI=1S/C14H22N2OS/c1-15-12-13-2-4-14(5-3-13)17-9-6-16-7-10-18-11-8-16/h2-5,15H,6-12H2,1H3. The molecule has 1 aliphatic rings. The van der Waals surface area contributed by atoms with Gasteiger partial charge in [0.15, 0.2) is 0 Å². The van der Waals surface area contributed by atoms with E-state index in [9.17, 15) is 0 Å². The minimum absolute atomic E-state index is 0.788. The van der Waals surface area contributed by atoms with Crippen LogP contribution in [0.5, 0.6) is 5.75 Å². The lowest BCUT2D eigenvalue weighted by atomic mass is 10.2. The molecule has 0 saturated carbocycles. The SMILES string of the molecule is CNCc1ccc(OCCN2CCSCC2)cc1. The summed E-state index contributed by atoms with van der Waals surface area (Å²) >= 11 is 2.05.